The van der Waals surface area contributed by atoms with Crippen LogP contribution in [0.15, 0.2) is 18.2 Å². The van der Waals surface area contributed by atoms with Crippen molar-refractivity contribution >= 4 is 0 Å². The Hall–Kier alpha value is -1.60. The number of benzene rings is 1. The van der Waals surface area contributed by atoms with E-state index in [1.165, 1.54) is 0 Å². The number of hydrogen-bond acceptors (Lipinski definition) is 3. The molecule has 1 saturated carbocycles. The molecule has 1 aliphatic rings. The van der Waals surface area contributed by atoms with Crippen LogP contribution in [0, 0.1) is 24.1 Å². The van der Waals surface area contributed by atoms with E-state index in [0.717, 1.165) is 19.3 Å². The molecule has 0 bridgehead atoms. The molecule has 4 heteroatoms. The van der Waals surface area contributed by atoms with Crippen LogP contribution in [0.25, 0.3) is 0 Å². The summed E-state index contributed by atoms with van der Waals surface area (Å²) in [6.45, 7) is 5.79. The predicted molar refractivity (Wildman–Crippen MR) is 80.6 cm³/mol. The van der Waals surface area contributed by atoms with Gasteiger partial charge >= 0.3 is 0 Å². The lowest BCUT2D eigenvalue weighted by Crippen LogP contribution is -2.52. The topological polar surface area (TPSA) is 45.0 Å². The maximum absolute atomic E-state index is 14.0. The molecule has 2 unspecified atom stereocenters. The maximum Gasteiger partial charge on any atom is 0.167 e. The summed E-state index contributed by atoms with van der Waals surface area (Å²) in [6, 6.07) is 7.81. The summed E-state index contributed by atoms with van der Waals surface area (Å²) in [5.74, 6) is -0.0132. The Bertz CT molecular complexity index is 538. The number of hydrogen-bond donors (Lipinski definition) is 1. The van der Waals surface area contributed by atoms with Crippen molar-refractivity contribution in [3.63, 3.8) is 0 Å². The highest BCUT2D eigenvalue weighted by Gasteiger charge is 2.38. The van der Waals surface area contributed by atoms with E-state index in [2.05, 4.69) is 11.4 Å². The van der Waals surface area contributed by atoms with Gasteiger partial charge in [-0.15, -0.1) is 0 Å². The fourth-order valence-corrected chi connectivity index (χ4v) is 3.03. The molecule has 114 valence electrons. The number of nitriles is 1. The first-order valence-electron chi connectivity index (χ1n) is 7.56. The fraction of sp³-hybridized carbons (Fsp3) is 0.588. The van der Waals surface area contributed by atoms with E-state index in [-0.39, 0.29) is 18.0 Å². The summed E-state index contributed by atoms with van der Waals surface area (Å²) in [7, 11) is 0. The molecule has 0 heterocycles. The highest BCUT2D eigenvalue weighted by Crippen LogP contribution is 2.32. The summed E-state index contributed by atoms with van der Waals surface area (Å²) < 4.78 is 19.9. The van der Waals surface area contributed by atoms with E-state index in [1.54, 1.807) is 25.1 Å². The van der Waals surface area contributed by atoms with E-state index in [4.69, 9.17) is 4.74 Å². The molecule has 1 fully saturated rings. The average molecular weight is 290 g/mol. The largest absolute Gasteiger partial charge is 0.487 e. The van der Waals surface area contributed by atoms with E-state index < -0.39 is 5.54 Å². The lowest BCUT2D eigenvalue weighted by molar-refractivity contribution is 0.105. The van der Waals surface area contributed by atoms with Gasteiger partial charge in [-0.2, -0.15) is 5.26 Å². The number of halogens is 1. The van der Waals surface area contributed by atoms with Crippen molar-refractivity contribution in [3.05, 3.63) is 29.6 Å². The minimum Gasteiger partial charge on any atom is -0.487 e. The summed E-state index contributed by atoms with van der Waals surface area (Å²) in [5, 5.41) is 12.9. The van der Waals surface area contributed by atoms with E-state index in [1.807, 2.05) is 13.8 Å². The van der Waals surface area contributed by atoms with Gasteiger partial charge in [-0.1, -0.05) is 12.1 Å². The van der Waals surface area contributed by atoms with Crippen molar-refractivity contribution in [3.8, 4) is 11.8 Å². The van der Waals surface area contributed by atoms with Gasteiger partial charge in [-0.25, -0.2) is 4.39 Å². The van der Waals surface area contributed by atoms with Gasteiger partial charge in [0.25, 0.3) is 0 Å². The van der Waals surface area contributed by atoms with Gasteiger partial charge in [0.2, 0.25) is 0 Å². The summed E-state index contributed by atoms with van der Waals surface area (Å²) in [5.41, 5.74) is 0.0207. The Morgan fingerprint density at radius 3 is 2.90 bits per heavy atom. The third-order valence-corrected chi connectivity index (χ3v) is 3.93. The quantitative estimate of drug-likeness (QED) is 0.919. The number of nitrogens with one attached hydrogen (secondary N) is 1. The summed E-state index contributed by atoms with van der Waals surface area (Å²) in [4.78, 5) is 0. The van der Waals surface area contributed by atoms with Crippen LogP contribution in [0.4, 0.5) is 4.39 Å². The third-order valence-electron chi connectivity index (χ3n) is 3.93. The standard InChI is InChI=1S/C17H23FN2O/c1-12(2)20-17(11-19)9-5-7-14(10-17)21-15-8-4-6-13(3)16(15)18/h4,6,8,12,14,20H,5,7,9-10H2,1-3H3. The monoisotopic (exact) mass is 290 g/mol. The second-order valence-corrected chi connectivity index (χ2v) is 6.22. The fourth-order valence-electron chi connectivity index (χ4n) is 3.03. The normalized spacial score (nSPS) is 25.6. The molecule has 0 aliphatic heterocycles. The molecule has 21 heavy (non-hydrogen) atoms. The molecule has 0 spiro atoms. The predicted octanol–water partition coefficient (Wildman–Crippen LogP) is 3.72. The molecule has 2 rings (SSSR count). The lowest BCUT2D eigenvalue weighted by Gasteiger charge is -2.37. The van der Waals surface area contributed by atoms with Gasteiger partial charge < -0.3 is 4.74 Å². The van der Waals surface area contributed by atoms with Crippen LogP contribution < -0.4 is 10.1 Å². The molecule has 1 N–H and O–H groups in total. The zero-order chi connectivity index (χ0) is 15.5. The van der Waals surface area contributed by atoms with Crippen LogP contribution in [0.1, 0.15) is 45.1 Å². The third kappa shape index (κ3) is 3.74. The number of aryl methyl sites for hydroxylation is 1. The molecule has 2 atom stereocenters. The summed E-state index contributed by atoms with van der Waals surface area (Å²) >= 11 is 0. The van der Waals surface area contributed by atoms with Gasteiger partial charge in [-0.3, -0.25) is 5.32 Å². The Balaban J connectivity index is 2.11. The molecular weight excluding hydrogens is 267 g/mol. The zero-order valence-electron chi connectivity index (χ0n) is 12.9. The Kier molecular flexibility index (Phi) is 4.84. The van der Waals surface area contributed by atoms with Gasteiger partial charge in [0, 0.05) is 12.5 Å². The molecule has 0 saturated heterocycles. The van der Waals surface area contributed by atoms with Crippen molar-refractivity contribution in [2.24, 2.45) is 0 Å². The first kappa shape index (κ1) is 15.8. The zero-order valence-corrected chi connectivity index (χ0v) is 12.9. The van der Waals surface area contributed by atoms with Crippen LogP contribution in [-0.2, 0) is 0 Å². The van der Waals surface area contributed by atoms with Gasteiger partial charge in [0.1, 0.15) is 11.6 Å². The van der Waals surface area contributed by atoms with Crippen molar-refractivity contribution in [2.75, 3.05) is 0 Å². The average Bonchev–Trinajstić information content (AvgIpc) is 2.43. The first-order valence-corrected chi connectivity index (χ1v) is 7.56. The van der Waals surface area contributed by atoms with E-state index >= 15 is 0 Å². The van der Waals surface area contributed by atoms with Crippen LogP contribution in [0.5, 0.6) is 5.75 Å². The minimum atomic E-state index is -0.558. The van der Waals surface area contributed by atoms with Crippen molar-refractivity contribution in [1.29, 1.82) is 5.26 Å². The van der Waals surface area contributed by atoms with Crippen LogP contribution in [-0.4, -0.2) is 17.7 Å². The second-order valence-electron chi connectivity index (χ2n) is 6.22. The highest BCUT2D eigenvalue weighted by molar-refractivity contribution is 5.30. The van der Waals surface area contributed by atoms with E-state index in [9.17, 15) is 9.65 Å². The van der Waals surface area contributed by atoms with Crippen LogP contribution >= 0.6 is 0 Å². The number of rotatable bonds is 4. The molecule has 0 amide bonds. The van der Waals surface area contributed by atoms with Crippen molar-refractivity contribution in [2.45, 2.75) is 64.1 Å². The van der Waals surface area contributed by atoms with Crippen LogP contribution in [0.3, 0.4) is 0 Å². The van der Waals surface area contributed by atoms with Crippen LogP contribution in [0.2, 0.25) is 0 Å². The SMILES string of the molecule is Cc1cccc(OC2CCCC(C#N)(NC(C)C)C2)c1F. The molecule has 0 aromatic heterocycles. The van der Waals surface area contributed by atoms with Gasteiger partial charge in [-0.05, 0) is 51.7 Å². The highest BCUT2D eigenvalue weighted by atomic mass is 19.1. The molecule has 1 aromatic rings. The second kappa shape index (κ2) is 6.44. The number of nitrogens with zero attached hydrogens (tertiary/aromatic N) is 1. The molecule has 1 aromatic carbocycles. The Morgan fingerprint density at radius 2 is 2.24 bits per heavy atom. The van der Waals surface area contributed by atoms with Gasteiger partial charge in [0.15, 0.2) is 11.6 Å². The van der Waals surface area contributed by atoms with Crippen molar-refractivity contribution < 1.29 is 9.13 Å². The van der Waals surface area contributed by atoms with Gasteiger partial charge in [0.05, 0.1) is 6.07 Å². The molecule has 3 nitrogen and oxygen atoms in total. The Labute approximate surface area is 126 Å². The molecular formula is C17H23FN2O. The molecule has 1 aliphatic carbocycles. The Morgan fingerprint density at radius 1 is 1.48 bits per heavy atom. The van der Waals surface area contributed by atoms with Crippen molar-refractivity contribution in [1.82, 2.24) is 5.32 Å². The maximum atomic E-state index is 14.0. The summed E-state index contributed by atoms with van der Waals surface area (Å²) in [6.07, 6.45) is 3.05. The minimum absolute atomic E-state index is 0.124. The number of ether oxygens (including phenoxy) is 1. The van der Waals surface area contributed by atoms with E-state index in [0.29, 0.717) is 17.7 Å². The first-order chi connectivity index (χ1) is 9.96. The smallest absolute Gasteiger partial charge is 0.167 e. The molecule has 0 radical (unpaired) electrons. The lowest BCUT2D eigenvalue weighted by atomic mass is 9.80.